The number of hydrogen-bond donors (Lipinski definition) is 1. The summed E-state index contributed by atoms with van der Waals surface area (Å²) in [6, 6.07) is 12.5. The van der Waals surface area contributed by atoms with Gasteiger partial charge in [-0.25, -0.2) is 4.79 Å². The quantitative estimate of drug-likeness (QED) is 0.531. The Bertz CT molecular complexity index is 797. The van der Waals surface area contributed by atoms with Gasteiger partial charge in [0.1, 0.15) is 6.61 Å². The molecule has 0 saturated heterocycles. The lowest BCUT2D eigenvalue weighted by molar-refractivity contribution is -0.387. The molecular weight excluding hydrogens is 315 g/mol. The fourth-order valence-electron chi connectivity index (χ4n) is 1.77. The van der Waals surface area contributed by atoms with Crippen molar-refractivity contribution >= 4 is 11.8 Å². The summed E-state index contributed by atoms with van der Waals surface area (Å²) in [5.41, 5.74) is 0.529. The van der Waals surface area contributed by atoms with Crippen LogP contribution in [0.2, 0.25) is 0 Å². The molecular formula is C17H13FN2O4. The van der Waals surface area contributed by atoms with E-state index in [4.69, 9.17) is 4.74 Å². The molecule has 122 valence electrons. The van der Waals surface area contributed by atoms with Crippen LogP contribution >= 0.6 is 0 Å². The van der Waals surface area contributed by atoms with Crippen LogP contribution in [-0.2, 0) is 11.3 Å². The third-order valence-corrected chi connectivity index (χ3v) is 2.91. The highest BCUT2D eigenvalue weighted by Gasteiger charge is 2.12. The zero-order valence-corrected chi connectivity index (χ0v) is 12.5. The Hall–Kier alpha value is -3.40. The maximum absolute atomic E-state index is 13.4. The maximum Gasteiger partial charge on any atom is 0.408 e. The highest BCUT2D eigenvalue weighted by atomic mass is 19.1. The summed E-state index contributed by atoms with van der Waals surface area (Å²) in [7, 11) is 0. The van der Waals surface area contributed by atoms with Crippen molar-refractivity contribution in [2.24, 2.45) is 0 Å². The molecule has 0 saturated carbocycles. The van der Waals surface area contributed by atoms with Crippen molar-refractivity contribution in [3.05, 3.63) is 75.6 Å². The van der Waals surface area contributed by atoms with Gasteiger partial charge in [-0.05, 0) is 17.7 Å². The second-order valence-electron chi connectivity index (χ2n) is 4.64. The van der Waals surface area contributed by atoms with Crippen molar-refractivity contribution in [1.82, 2.24) is 5.32 Å². The van der Waals surface area contributed by atoms with Gasteiger partial charge in [-0.3, -0.25) is 10.1 Å². The number of nitro groups is 1. The van der Waals surface area contributed by atoms with Gasteiger partial charge in [-0.15, -0.1) is 0 Å². The summed E-state index contributed by atoms with van der Waals surface area (Å²) >= 11 is 0. The van der Waals surface area contributed by atoms with Crippen LogP contribution in [0.25, 0.3) is 0 Å². The maximum atomic E-state index is 13.4. The molecule has 0 heterocycles. The molecule has 2 aromatic carbocycles. The molecule has 0 aliphatic carbocycles. The number of nitrogens with zero attached hydrogens (tertiary/aromatic N) is 1. The molecule has 2 rings (SSSR count). The summed E-state index contributed by atoms with van der Waals surface area (Å²) in [5.74, 6) is 4.25. The van der Waals surface area contributed by atoms with Crippen molar-refractivity contribution in [2.75, 3.05) is 6.54 Å². The molecule has 2 aromatic rings. The number of alkyl carbamates (subject to hydrolysis) is 1. The molecule has 0 unspecified atom stereocenters. The van der Waals surface area contributed by atoms with Gasteiger partial charge in [-0.1, -0.05) is 42.2 Å². The zero-order valence-electron chi connectivity index (χ0n) is 12.5. The van der Waals surface area contributed by atoms with E-state index in [-0.39, 0.29) is 18.7 Å². The van der Waals surface area contributed by atoms with E-state index >= 15 is 0 Å². The summed E-state index contributed by atoms with van der Waals surface area (Å²) in [4.78, 5) is 21.2. The SMILES string of the molecule is O=C(NCC#Cc1ccc([N+](=O)[O-])c(F)c1)OCc1ccccc1. The Morgan fingerprint density at radius 3 is 2.67 bits per heavy atom. The number of carbonyl (C=O) groups is 1. The number of hydrogen-bond acceptors (Lipinski definition) is 4. The first-order valence-corrected chi connectivity index (χ1v) is 6.93. The summed E-state index contributed by atoms with van der Waals surface area (Å²) in [6.45, 7) is 0.153. The Morgan fingerprint density at radius 1 is 1.25 bits per heavy atom. The Labute approximate surface area is 137 Å². The first kappa shape index (κ1) is 17.0. The van der Waals surface area contributed by atoms with Crippen molar-refractivity contribution in [3.63, 3.8) is 0 Å². The fraction of sp³-hybridized carbons (Fsp3) is 0.118. The van der Waals surface area contributed by atoms with Gasteiger partial charge < -0.3 is 10.1 Å². The smallest absolute Gasteiger partial charge is 0.408 e. The van der Waals surface area contributed by atoms with E-state index in [0.29, 0.717) is 0 Å². The number of carbonyl (C=O) groups excluding carboxylic acids is 1. The monoisotopic (exact) mass is 328 g/mol. The molecule has 7 heteroatoms. The second kappa shape index (κ2) is 8.29. The minimum Gasteiger partial charge on any atom is -0.445 e. The average molecular weight is 328 g/mol. The van der Waals surface area contributed by atoms with Crippen LogP contribution < -0.4 is 5.32 Å². The third-order valence-electron chi connectivity index (χ3n) is 2.91. The first-order valence-electron chi connectivity index (χ1n) is 6.93. The summed E-state index contributed by atoms with van der Waals surface area (Å²) in [5, 5.41) is 12.9. The minimum atomic E-state index is -0.956. The van der Waals surface area contributed by atoms with Crippen LogP contribution in [0.15, 0.2) is 48.5 Å². The number of benzene rings is 2. The van der Waals surface area contributed by atoms with Gasteiger partial charge in [-0.2, -0.15) is 4.39 Å². The van der Waals surface area contributed by atoms with Crippen LogP contribution in [0.3, 0.4) is 0 Å². The summed E-state index contributed by atoms with van der Waals surface area (Å²) < 4.78 is 18.4. The van der Waals surface area contributed by atoms with E-state index in [9.17, 15) is 19.3 Å². The molecule has 0 radical (unpaired) electrons. The number of amides is 1. The van der Waals surface area contributed by atoms with E-state index in [1.54, 1.807) is 0 Å². The van der Waals surface area contributed by atoms with Gasteiger partial charge in [0.05, 0.1) is 11.5 Å². The zero-order chi connectivity index (χ0) is 17.4. The van der Waals surface area contributed by atoms with Gasteiger partial charge in [0.15, 0.2) is 0 Å². The first-order chi connectivity index (χ1) is 11.6. The molecule has 0 spiro atoms. The number of nitrogens with one attached hydrogen (secondary N) is 1. The molecule has 0 aliphatic heterocycles. The van der Waals surface area contributed by atoms with Gasteiger partial charge in [0, 0.05) is 11.6 Å². The Balaban J connectivity index is 1.80. The molecule has 0 fully saturated rings. The van der Waals surface area contributed by atoms with Gasteiger partial charge in [0.25, 0.3) is 0 Å². The molecule has 24 heavy (non-hydrogen) atoms. The van der Waals surface area contributed by atoms with Gasteiger partial charge in [0.2, 0.25) is 5.82 Å². The van der Waals surface area contributed by atoms with Crippen LogP contribution in [0.1, 0.15) is 11.1 Å². The van der Waals surface area contributed by atoms with E-state index in [2.05, 4.69) is 17.2 Å². The fourth-order valence-corrected chi connectivity index (χ4v) is 1.77. The Morgan fingerprint density at radius 2 is 2.00 bits per heavy atom. The lowest BCUT2D eigenvalue weighted by Gasteiger charge is -2.04. The lowest BCUT2D eigenvalue weighted by atomic mass is 10.2. The van der Waals surface area contributed by atoms with Crippen molar-refractivity contribution in [1.29, 1.82) is 0 Å². The number of ether oxygens (including phenoxy) is 1. The largest absolute Gasteiger partial charge is 0.445 e. The highest BCUT2D eigenvalue weighted by molar-refractivity contribution is 5.67. The molecule has 1 N–H and O–H groups in total. The van der Waals surface area contributed by atoms with E-state index in [1.807, 2.05) is 30.3 Å². The number of halogens is 1. The van der Waals surface area contributed by atoms with E-state index in [0.717, 1.165) is 17.7 Å². The highest BCUT2D eigenvalue weighted by Crippen LogP contribution is 2.17. The molecule has 0 bridgehead atoms. The molecule has 0 aromatic heterocycles. The van der Waals surface area contributed by atoms with Crippen LogP contribution in [0.5, 0.6) is 0 Å². The predicted molar refractivity (Wildman–Crippen MR) is 84.6 cm³/mol. The third kappa shape index (κ3) is 5.10. The summed E-state index contributed by atoms with van der Waals surface area (Å²) in [6.07, 6.45) is -0.622. The van der Waals surface area contributed by atoms with Crippen LogP contribution in [-0.4, -0.2) is 17.6 Å². The molecule has 0 atom stereocenters. The van der Waals surface area contributed by atoms with E-state index in [1.165, 1.54) is 6.07 Å². The molecule has 0 aliphatic rings. The van der Waals surface area contributed by atoms with E-state index < -0.39 is 22.5 Å². The molecule has 1 amide bonds. The predicted octanol–water partition coefficient (Wildman–Crippen LogP) is 3.01. The average Bonchev–Trinajstić information content (AvgIpc) is 2.57. The number of rotatable bonds is 4. The normalized spacial score (nSPS) is 9.54. The van der Waals surface area contributed by atoms with Crippen LogP contribution in [0.4, 0.5) is 14.9 Å². The lowest BCUT2D eigenvalue weighted by Crippen LogP contribution is -2.24. The van der Waals surface area contributed by atoms with Crippen molar-refractivity contribution < 1.29 is 18.8 Å². The van der Waals surface area contributed by atoms with Crippen molar-refractivity contribution in [2.45, 2.75) is 6.61 Å². The van der Waals surface area contributed by atoms with Crippen molar-refractivity contribution in [3.8, 4) is 11.8 Å². The second-order valence-corrected chi connectivity index (χ2v) is 4.64. The van der Waals surface area contributed by atoms with Gasteiger partial charge >= 0.3 is 11.8 Å². The standard InChI is InChI=1S/C17H13FN2O4/c18-15-11-13(8-9-16(15)20(22)23)7-4-10-19-17(21)24-12-14-5-2-1-3-6-14/h1-3,5-6,8-9,11H,10,12H2,(H,19,21). The molecule has 6 nitrogen and oxygen atoms in total. The van der Waals surface area contributed by atoms with Crippen LogP contribution in [0, 0.1) is 27.8 Å². The topological polar surface area (TPSA) is 81.5 Å². The minimum absolute atomic E-state index is 0.00618. The Kier molecular flexibility index (Phi) is 5.86. The number of nitro benzene ring substituents is 1.